The predicted octanol–water partition coefficient (Wildman–Crippen LogP) is 8.67. The minimum absolute atomic E-state index is 0.0597. The molecule has 0 amide bonds. The minimum atomic E-state index is -0.179. The molecule has 2 rings (SSSR count). The average Bonchev–Trinajstić information content (AvgIpc) is 2.88. The van der Waals surface area contributed by atoms with Crippen molar-refractivity contribution in [3.8, 4) is 16.9 Å². The van der Waals surface area contributed by atoms with Crippen LogP contribution >= 0.6 is 0 Å². The molecular weight excluding hydrogens is 436 g/mol. The Morgan fingerprint density at radius 1 is 0.571 bits per heavy atom. The number of carbonyl (C=O) groups is 2. The highest BCUT2D eigenvalue weighted by molar-refractivity contribution is 5.73. The van der Waals surface area contributed by atoms with Crippen LogP contribution in [0.2, 0.25) is 0 Å². The predicted molar refractivity (Wildman–Crippen MR) is 143 cm³/mol. The summed E-state index contributed by atoms with van der Waals surface area (Å²) in [5.41, 5.74) is 2.25. The fraction of sp³-hybridized carbons (Fsp3) is 0.548. The number of ether oxygens (including phenoxy) is 2. The van der Waals surface area contributed by atoms with Crippen molar-refractivity contribution in [1.29, 1.82) is 0 Å². The third-order valence-electron chi connectivity index (χ3n) is 6.22. The summed E-state index contributed by atoms with van der Waals surface area (Å²) >= 11 is 0. The molecule has 35 heavy (non-hydrogen) atoms. The van der Waals surface area contributed by atoms with Gasteiger partial charge in [-0.25, -0.2) is 0 Å². The SMILES string of the molecule is CCCCCCCCCOC(=O)CCCCCCCCC(=O)Oc1ccc(-c2ccccc2)cc1. The van der Waals surface area contributed by atoms with Gasteiger partial charge in [0, 0.05) is 12.8 Å². The van der Waals surface area contributed by atoms with E-state index in [9.17, 15) is 9.59 Å². The molecule has 0 bridgehead atoms. The number of hydrogen-bond donors (Lipinski definition) is 0. The molecule has 2 aromatic rings. The van der Waals surface area contributed by atoms with Gasteiger partial charge in [0.1, 0.15) is 5.75 Å². The van der Waals surface area contributed by atoms with Gasteiger partial charge in [-0.15, -0.1) is 0 Å². The van der Waals surface area contributed by atoms with E-state index in [0.29, 0.717) is 25.2 Å². The van der Waals surface area contributed by atoms with Crippen LogP contribution in [0, 0.1) is 0 Å². The maximum atomic E-state index is 12.1. The second kappa shape index (κ2) is 18.7. The van der Waals surface area contributed by atoms with Gasteiger partial charge < -0.3 is 9.47 Å². The summed E-state index contributed by atoms with van der Waals surface area (Å²) in [5, 5.41) is 0. The molecule has 0 aliphatic heterocycles. The zero-order valence-electron chi connectivity index (χ0n) is 21.6. The molecular formula is C31H44O4. The fourth-order valence-corrected chi connectivity index (χ4v) is 4.09. The van der Waals surface area contributed by atoms with Crippen molar-refractivity contribution in [3.63, 3.8) is 0 Å². The van der Waals surface area contributed by atoms with Gasteiger partial charge in [0.05, 0.1) is 6.61 Å². The summed E-state index contributed by atoms with van der Waals surface area (Å²) in [4.78, 5) is 23.9. The Morgan fingerprint density at radius 2 is 1.09 bits per heavy atom. The first kappa shape index (κ1) is 28.6. The molecule has 0 spiro atoms. The molecule has 0 N–H and O–H groups in total. The Hall–Kier alpha value is -2.62. The highest BCUT2D eigenvalue weighted by Crippen LogP contribution is 2.22. The standard InChI is InChI=1S/C31H44O4/c1-2-3-4-5-8-11-17-26-34-30(32)20-15-9-6-7-10-16-21-31(33)35-29-24-22-28(23-25-29)27-18-13-12-14-19-27/h12-14,18-19,22-25H,2-11,15-17,20-21,26H2,1H3. The van der Waals surface area contributed by atoms with Crippen LogP contribution in [0.4, 0.5) is 0 Å². The molecule has 0 aromatic heterocycles. The minimum Gasteiger partial charge on any atom is -0.466 e. The maximum Gasteiger partial charge on any atom is 0.311 e. The second-order valence-electron chi connectivity index (χ2n) is 9.33. The summed E-state index contributed by atoms with van der Waals surface area (Å²) in [6, 6.07) is 17.8. The van der Waals surface area contributed by atoms with Crippen molar-refractivity contribution >= 4 is 11.9 Å². The number of rotatable bonds is 19. The smallest absolute Gasteiger partial charge is 0.311 e. The molecule has 0 aliphatic rings. The summed E-state index contributed by atoms with van der Waals surface area (Å²) in [6.45, 7) is 2.80. The van der Waals surface area contributed by atoms with Crippen molar-refractivity contribution in [2.24, 2.45) is 0 Å². The summed E-state index contributed by atoms with van der Waals surface area (Å²) in [7, 11) is 0. The van der Waals surface area contributed by atoms with E-state index < -0.39 is 0 Å². The molecule has 0 aliphatic carbocycles. The van der Waals surface area contributed by atoms with Crippen LogP contribution < -0.4 is 4.74 Å². The highest BCUT2D eigenvalue weighted by atomic mass is 16.5. The number of esters is 2. The maximum absolute atomic E-state index is 12.1. The van der Waals surface area contributed by atoms with Crippen LogP contribution in [-0.2, 0) is 14.3 Å². The Morgan fingerprint density at radius 3 is 1.71 bits per heavy atom. The number of hydrogen-bond acceptors (Lipinski definition) is 4. The first-order valence-corrected chi connectivity index (χ1v) is 13.7. The number of unbranched alkanes of at least 4 members (excludes halogenated alkanes) is 11. The zero-order valence-corrected chi connectivity index (χ0v) is 21.6. The van der Waals surface area contributed by atoms with E-state index in [1.807, 2.05) is 42.5 Å². The van der Waals surface area contributed by atoms with Crippen molar-refractivity contribution in [2.45, 2.75) is 103 Å². The topological polar surface area (TPSA) is 52.6 Å². The number of benzene rings is 2. The largest absolute Gasteiger partial charge is 0.466 e. The molecule has 0 unspecified atom stereocenters. The monoisotopic (exact) mass is 480 g/mol. The summed E-state index contributed by atoms with van der Waals surface area (Å²) in [6.07, 6.45) is 15.5. The lowest BCUT2D eigenvalue weighted by molar-refractivity contribution is -0.144. The van der Waals surface area contributed by atoms with E-state index in [2.05, 4.69) is 19.1 Å². The van der Waals surface area contributed by atoms with Crippen LogP contribution in [0.3, 0.4) is 0 Å². The quantitative estimate of drug-likeness (QED) is 0.115. The van der Waals surface area contributed by atoms with Gasteiger partial charge in [-0.3, -0.25) is 9.59 Å². The molecule has 0 atom stereocenters. The Labute approximate surface area is 212 Å². The molecule has 0 heterocycles. The van der Waals surface area contributed by atoms with Crippen LogP contribution in [0.1, 0.15) is 103 Å². The molecule has 0 saturated heterocycles. The van der Waals surface area contributed by atoms with Crippen molar-refractivity contribution in [3.05, 3.63) is 54.6 Å². The van der Waals surface area contributed by atoms with E-state index >= 15 is 0 Å². The molecule has 192 valence electrons. The molecule has 2 aromatic carbocycles. The Balaban J connectivity index is 1.41. The zero-order chi connectivity index (χ0) is 25.0. The highest BCUT2D eigenvalue weighted by Gasteiger charge is 2.06. The molecule has 4 heteroatoms. The third kappa shape index (κ3) is 13.8. The first-order valence-electron chi connectivity index (χ1n) is 13.7. The normalized spacial score (nSPS) is 10.8. The van der Waals surface area contributed by atoms with E-state index in [0.717, 1.165) is 62.5 Å². The lowest BCUT2D eigenvalue weighted by Crippen LogP contribution is -2.07. The third-order valence-corrected chi connectivity index (χ3v) is 6.22. The lowest BCUT2D eigenvalue weighted by atomic mass is 10.1. The molecule has 4 nitrogen and oxygen atoms in total. The lowest BCUT2D eigenvalue weighted by Gasteiger charge is -2.07. The van der Waals surface area contributed by atoms with Crippen LogP contribution in [0.25, 0.3) is 11.1 Å². The Kier molecular flexibility index (Phi) is 15.3. The fourth-order valence-electron chi connectivity index (χ4n) is 4.09. The average molecular weight is 481 g/mol. The van der Waals surface area contributed by atoms with Crippen LogP contribution in [0.15, 0.2) is 54.6 Å². The van der Waals surface area contributed by atoms with Gasteiger partial charge in [0.25, 0.3) is 0 Å². The molecule has 0 fully saturated rings. The first-order chi connectivity index (χ1) is 17.2. The Bertz CT molecular complexity index is 814. The summed E-state index contributed by atoms with van der Waals surface area (Å²) in [5.74, 6) is 0.352. The van der Waals surface area contributed by atoms with Crippen molar-refractivity contribution < 1.29 is 19.1 Å². The summed E-state index contributed by atoms with van der Waals surface area (Å²) < 4.78 is 10.8. The van der Waals surface area contributed by atoms with Gasteiger partial charge in [-0.05, 0) is 42.5 Å². The van der Waals surface area contributed by atoms with E-state index in [1.165, 1.54) is 32.1 Å². The number of carbonyl (C=O) groups excluding carboxylic acids is 2. The van der Waals surface area contributed by atoms with Crippen LogP contribution in [0.5, 0.6) is 5.75 Å². The second-order valence-corrected chi connectivity index (χ2v) is 9.33. The van der Waals surface area contributed by atoms with Crippen molar-refractivity contribution in [1.82, 2.24) is 0 Å². The van der Waals surface area contributed by atoms with Gasteiger partial charge >= 0.3 is 11.9 Å². The van der Waals surface area contributed by atoms with E-state index in [1.54, 1.807) is 0 Å². The van der Waals surface area contributed by atoms with E-state index in [4.69, 9.17) is 9.47 Å². The van der Waals surface area contributed by atoms with Gasteiger partial charge in [-0.1, -0.05) is 114 Å². The van der Waals surface area contributed by atoms with Gasteiger partial charge in [0.2, 0.25) is 0 Å². The van der Waals surface area contributed by atoms with E-state index in [-0.39, 0.29) is 11.9 Å². The van der Waals surface area contributed by atoms with Crippen molar-refractivity contribution in [2.75, 3.05) is 6.61 Å². The molecule has 0 saturated carbocycles. The molecule has 0 radical (unpaired) electrons. The van der Waals surface area contributed by atoms with Crippen LogP contribution in [-0.4, -0.2) is 18.5 Å². The van der Waals surface area contributed by atoms with Gasteiger partial charge in [-0.2, -0.15) is 0 Å². The van der Waals surface area contributed by atoms with Gasteiger partial charge in [0.15, 0.2) is 0 Å².